The molecule has 0 aliphatic heterocycles. The van der Waals surface area contributed by atoms with E-state index in [1.54, 1.807) is 6.07 Å². The standard InChI is InChI=1S/C51H31N3O2/c1-3-12-32(13-4-1)34-16-9-18-36(28-34)37-25-27-46-44(30-37)41-26-24-39(31-47(41)55-46)50-52-49(38-19-10-17-35(29-38)33-14-5-2-6-15-33)53-51(54-50)43-22-11-21-42-40-20-7-8-23-45(40)56-48(42)43/h1-31H/i24D,25D,26D,27D,30D,31D. The first-order valence-electron chi connectivity index (χ1n) is 21.2. The van der Waals surface area contributed by atoms with Gasteiger partial charge in [0.05, 0.1) is 13.8 Å². The van der Waals surface area contributed by atoms with Gasteiger partial charge in [-0.1, -0.05) is 139 Å². The summed E-state index contributed by atoms with van der Waals surface area (Å²) in [5.74, 6) is 0.470. The molecule has 3 aromatic heterocycles. The van der Waals surface area contributed by atoms with E-state index in [9.17, 15) is 5.48 Å². The fourth-order valence-corrected chi connectivity index (χ4v) is 7.26. The van der Waals surface area contributed by atoms with Crippen LogP contribution < -0.4 is 0 Å². The number of hydrogen-bond acceptors (Lipinski definition) is 5. The maximum atomic E-state index is 9.60. The van der Waals surface area contributed by atoms with Crippen molar-refractivity contribution in [3.05, 3.63) is 188 Å². The molecule has 262 valence electrons. The van der Waals surface area contributed by atoms with Crippen molar-refractivity contribution in [3.63, 3.8) is 0 Å². The molecule has 0 saturated heterocycles. The lowest BCUT2D eigenvalue weighted by atomic mass is 9.98. The molecular weight excluding hydrogens is 687 g/mol. The monoisotopic (exact) mass is 723 g/mol. The first-order valence-corrected chi connectivity index (χ1v) is 18.2. The van der Waals surface area contributed by atoms with Crippen molar-refractivity contribution in [1.82, 2.24) is 15.0 Å². The van der Waals surface area contributed by atoms with Crippen molar-refractivity contribution in [2.45, 2.75) is 0 Å². The zero-order chi connectivity index (χ0) is 42.2. The highest BCUT2D eigenvalue weighted by Gasteiger charge is 2.19. The first-order chi connectivity index (χ1) is 30.2. The van der Waals surface area contributed by atoms with Gasteiger partial charge in [-0.05, 0) is 81.8 Å². The highest BCUT2D eigenvalue weighted by atomic mass is 16.3. The summed E-state index contributed by atoms with van der Waals surface area (Å²) in [5.41, 5.74) is 6.68. The summed E-state index contributed by atoms with van der Waals surface area (Å²) in [6.07, 6.45) is 0. The molecule has 11 aromatic rings. The molecule has 0 N–H and O–H groups in total. The summed E-state index contributed by atoms with van der Waals surface area (Å²) < 4.78 is 68.8. The third-order valence-electron chi connectivity index (χ3n) is 10.0. The van der Waals surface area contributed by atoms with Crippen LogP contribution in [0, 0.1) is 0 Å². The van der Waals surface area contributed by atoms with Gasteiger partial charge in [-0.3, -0.25) is 0 Å². The highest BCUT2D eigenvalue weighted by molar-refractivity contribution is 6.09. The maximum Gasteiger partial charge on any atom is 0.167 e. The summed E-state index contributed by atoms with van der Waals surface area (Å²) in [7, 11) is 0. The number of hydrogen-bond donors (Lipinski definition) is 0. The molecule has 0 saturated carbocycles. The summed E-state index contributed by atoms with van der Waals surface area (Å²) in [5, 5.41) is 1.92. The molecule has 0 fully saturated rings. The van der Waals surface area contributed by atoms with Crippen LogP contribution in [0.25, 0.3) is 111 Å². The van der Waals surface area contributed by atoms with Crippen molar-refractivity contribution >= 4 is 43.9 Å². The second-order valence-corrected chi connectivity index (χ2v) is 13.5. The predicted molar refractivity (Wildman–Crippen MR) is 227 cm³/mol. The number of rotatable bonds is 6. The van der Waals surface area contributed by atoms with E-state index in [1.165, 1.54) is 0 Å². The first kappa shape index (κ1) is 26.2. The maximum absolute atomic E-state index is 9.60. The topological polar surface area (TPSA) is 65.0 Å². The van der Waals surface area contributed by atoms with Crippen molar-refractivity contribution < 1.29 is 17.1 Å². The van der Waals surface area contributed by atoms with Crippen LogP contribution in [0.3, 0.4) is 0 Å². The quantitative estimate of drug-likeness (QED) is 0.171. The van der Waals surface area contributed by atoms with Gasteiger partial charge in [0.15, 0.2) is 17.5 Å². The van der Waals surface area contributed by atoms with E-state index < -0.39 is 0 Å². The fraction of sp³-hybridized carbons (Fsp3) is 0. The van der Waals surface area contributed by atoms with Gasteiger partial charge < -0.3 is 8.83 Å². The Morgan fingerprint density at radius 3 is 1.68 bits per heavy atom. The molecule has 0 aliphatic carbocycles. The second kappa shape index (κ2) is 13.0. The van der Waals surface area contributed by atoms with Crippen LogP contribution in [-0.2, 0) is 0 Å². The minimum atomic E-state index is -0.359. The van der Waals surface area contributed by atoms with Crippen LogP contribution in [0.5, 0.6) is 0 Å². The Balaban J connectivity index is 1.14. The summed E-state index contributed by atoms with van der Waals surface area (Å²) >= 11 is 0. The predicted octanol–water partition coefficient (Wildman–Crippen LogP) is 13.7. The third-order valence-corrected chi connectivity index (χ3v) is 10.0. The zero-order valence-corrected chi connectivity index (χ0v) is 29.6. The van der Waals surface area contributed by atoms with E-state index in [2.05, 4.69) is 0 Å². The number of furan rings is 2. The molecule has 8 aromatic carbocycles. The Hall–Kier alpha value is -7.63. The SMILES string of the molecule is [2H]c1c(-c2cccc(-c3ccccc3)c2)c([2H])c2c(oc3c([2H])c(-c4nc(-c5cccc(-c6ccccc6)c5)nc(-c5cccc6c5oc5ccccc56)n4)c([2H])c([2H])c32)c1[2H]. The van der Waals surface area contributed by atoms with Crippen molar-refractivity contribution in [3.8, 4) is 67.5 Å². The van der Waals surface area contributed by atoms with Gasteiger partial charge in [-0.15, -0.1) is 0 Å². The van der Waals surface area contributed by atoms with Gasteiger partial charge in [-0.25, -0.2) is 15.0 Å². The van der Waals surface area contributed by atoms with E-state index in [0.29, 0.717) is 27.9 Å². The number of aromatic nitrogens is 3. The largest absolute Gasteiger partial charge is 0.456 e. The zero-order valence-electron chi connectivity index (χ0n) is 35.6. The number of benzene rings is 8. The van der Waals surface area contributed by atoms with E-state index in [0.717, 1.165) is 33.0 Å². The Morgan fingerprint density at radius 1 is 0.339 bits per heavy atom. The molecule has 3 heterocycles. The molecule has 0 amide bonds. The lowest BCUT2D eigenvalue weighted by Gasteiger charge is -2.10. The highest BCUT2D eigenvalue weighted by Crippen LogP contribution is 2.38. The number of para-hydroxylation sites is 2. The smallest absolute Gasteiger partial charge is 0.167 e. The molecule has 0 atom stereocenters. The van der Waals surface area contributed by atoms with Gasteiger partial charge >= 0.3 is 0 Å². The van der Waals surface area contributed by atoms with Crippen LogP contribution in [0.1, 0.15) is 8.22 Å². The lowest BCUT2D eigenvalue weighted by Crippen LogP contribution is -2.00. The Labute approximate surface area is 330 Å². The van der Waals surface area contributed by atoms with Gasteiger partial charge in [-0.2, -0.15) is 0 Å². The van der Waals surface area contributed by atoms with Gasteiger partial charge in [0.25, 0.3) is 0 Å². The molecule has 0 unspecified atom stereocenters. The molecule has 0 spiro atoms. The lowest BCUT2D eigenvalue weighted by molar-refractivity contribution is 0.668. The molecule has 56 heavy (non-hydrogen) atoms. The van der Waals surface area contributed by atoms with Crippen LogP contribution >= 0.6 is 0 Å². The van der Waals surface area contributed by atoms with Gasteiger partial charge in [0.1, 0.15) is 22.3 Å². The summed E-state index contributed by atoms with van der Waals surface area (Å²) in [4.78, 5) is 14.8. The minimum absolute atomic E-state index is 0.0362. The van der Waals surface area contributed by atoms with Crippen molar-refractivity contribution in [2.75, 3.05) is 0 Å². The van der Waals surface area contributed by atoms with Crippen LogP contribution in [0.2, 0.25) is 0 Å². The van der Waals surface area contributed by atoms with E-state index in [1.807, 2.05) is 146 Å². The van der Waals surface area contributed by atoms with E-state index in [-0.39, 0.29) is 86.8 Å². The average molecular weight is 724 g/mol. The van der Waals surface area contributed by atoms with Gasteiger partial charge in [0.2, 0.25) is 0 Å². The van der Waals surface area contributed by atoms with Crippen LogP contribution in [0.15, 0.2) is 197 Å². The van der Waals surface area contributed by atoms with Crippen LogP contribution in [0.4, 0.5) is 0 Å². The minimum Gasteiger partial charge on any atom is -0.456 e. The summed E-state index contributed by atoms with van der Waals surface area (Å²) in [6.45, 7) is 0. The number of nitrogens with zero attached hydrogens (tertiary/aromatic N) is 3. The molecule has 5 nitrogen and oxygen atoms in total. The molecular formula is C51H31N3O2. The molecule has 11 rings (SSSR count). The summed E-state index contributed by atoms with van der Waals surface area (Å²) in [6, 6.07) is 46.7. The fourth-order valence-electron chi connectivity index (χ4n) is 7.26. The van der Waals surface area contributed by atoms with Crippen molar-refractivity contribution in [2.24, 2.45) is 0 Å². The molecule has 5 heteroatoms. The Morgan fingerprint density at radius 2 is 0.911 bits per heavy atom. The molecule has 0 radical (unpaired) electrons. The van der Waals surface area contributed by atoms with Crippen LogP contribution in [-0.4, -0.2) is 15.0 Å². The van der Waals surface area contributed by atoms with E-state index in [4.69, 9.17) is 26.5 Å². The average Bonchev–Trinajstić information content (AvgIpc) is 3.92. The Kier molecular flexibility index (Phi) is 6.10. The number of fused-ring (bicyclic) bond motifs is 6. The molecule has 0 bridgehead atoms. The third kappa shape index (κ3) is 5.53. The Bertz CT molecular complexity index is 3610. The normalized spacial score (nSPS) is 13.1. The molecule has 0 aliphatic rings. The van der Waals surface area contributed by atoms with Gasteiger partial charge in [0, 0.05) is 32.7 Å². The van der Waals surface area contributed by atoms with Crippen molar-refractivity contribution in [1.29, 1.82) is 0 Å². The second-order valence-electron chi connectivity index (χ2n) is 13.5. The van der Waals surface area contributed by atoms with E-state index >= 15 is 0 Å².